The highest BCUT2D eigenvalue weighted by molar-refractivity contribution is 7.84. The number of aryl methyl sites for hydroxylation is 2. The van der Waals surface area contributed by atoms with Crippen molar-refractivity contribution >= 4 is 27.7 Å². The topological polar surface area (TPSA) is 76.7 Å². The number of carboxylic acids is 1. The Hall–Kier alpha value is -1.82. The minimum Gasteiger partial charge on any atom is -0.479 e. The quantitative estimate of drug-likeness (QED) is 0.883. The van der Waals surface area contributed by atoms with E-state index in [1.54, 1.807) is 18.4 Å². The van der Waals surface area contributed by atoms with E-state index in [0.29, 0.717) is 23.5 Å². The van der Waals surface area contributed by atoms with Gasteiger partial charge in [-0.1, -0.05) is 12.1 Å². The number of hydrogen-bond acceptors (Lipinski definition) is 4. The van der Waals surface area contributed by atoms with Crippen molar-refractivity contribution in [2.45, 2.75) is 13.3 Å². The monoisotopic (exact) mass is 296 g/mol. The molecule has 1 aromatic heterocycles. The van der Waals surface area contributed by atoms with Crippen LogP contribution in [0.5, 0.6) is 5.75 Å². The molecule has 2 aromatic rings. The molecular weight excluding hydrogens is 280 g/mol. The zero-order chi connectivity index (χ0) is 14.7. The van der Waals surface area contributed by atoms with E-state index in [9.17, 15) is 9.00 Å². The molecule has 0 aliphatic carbocycles. The highest BCUT2D eigenvalue weighted by atomic mass is 32.2. The lowest BCUT2D eigenvalue weighted by molar-refractivity contribution is -0.139. The molecule has 0 radical (unpaired) electrons. The molecule has 0 saturated carbocycles. The van der Waals surface area contributed by atoms with Crippen LogP contribution in [-0.2, 0) is 22.0 Å². The van der Waals surface area contributed by atoms with Crippen LogP contribution in [-0.4, -0.2) is 33.9 Å². The van der Waals surface area contributed by atoms with E-state index in [0.717, 1.165) is 16.7 Å². The summed E-state index contributed by atoms with van der Waals surface area (Å²) < 4.78 is 22.1. The maximum Gasteiger partial charge on any atom is 0.341 e. The summed E-state index contributed by atoms with van der Waals surface area (Å²) in [6.07, 6.45) is 2.32. The second-order valence-electron chi connectivity index (χ2n) is 4.48. The molecule has 0 bridgehead atoms. The lowest BCUT2D eigenvalue weighted by Crippen LogP contribution is -2.09. The first-order chi connectivity index (χ1) is 9.49. The number of furan rings is 1. The third-order valence-corrected chi connectivity index (χ3v) is 3.75. The number of rotatable bonds is 6. The van der Waals surface area contributed by atoms with Crippen molar-refractivity contribution in [3.05, 3.63) is 29.5 Å². The van der Waals surface area contributed by atoms with Gasteiger partial charge in [0, 0.05) is 33.8 Å². The van der Waals surface area contributed by atoms with Gasteiger partial charge in [-0.3, -0.25) is 4.21 Å². The smallest absolute Gasteiger partial charge is 0.341 e. The number of carboxylic acid groups (broad SMARTS) is 1. The molecule has 1 unspecified atom stereocenters. The third kappa shape index (κ3) is 3.19. The molecule has 1 atom stereocenters. The van der Waals surface area contributed by atoms with E-state index in [2.05, 4.69) is 0 Å². The van der Waals surface area contributed by atoms with Crippen LogP contribution in [0.25, 0.3) is 11.0 Å². The molecule has 5 nitrogen and oxygen atoms in total. The summed E-state index contributed by atoms with van der Waals surface area (Å²) in [7, 11) is -0.867. The molecule has 0 fully saturated rings. The zero-order valence-corrected chi connectivity index (χ0v) is 12.2. The van der Waals surface area contributed by atoms with Crippen LogP contribution in [0.15, 0.2) is 22.6 Å². The summed E-state index contributed by atoms with van der Waals surface area (Å²) in [6.45, 7) is 1.43. The predicted molar refractivity (Wildman–Crippen MR) is 76.7 cm³/mol. The Kier molecular flexibility index (Phi) is 4.44. The summed E-state index contributed by atoms with van der Waals surface area (Å²) >= 11 is 0. The molecular formula is C14H16O5S. The first-order valence-corrected chi connectivity index (χ1v) is 7.87. The average Bonchev–Trinajstić information content (AvgIpc) is 2.70. The van der Waals surface area contributed by atoms with Gasteiger partial charge in [0.05, 0.1) is 0 Å². The Morgan fingerprint density at radius 2 is 2.20 bits per heavy atom. The first kappa shape index (κ1) is 14.6. The first-order valence-electron chi connectivity index (χ1n) is 6.14. The van der Waals surface area contributed by atoms with E-state index in [1.165, 1.54) is 0 Å². The van der Waals surface area contributed by atoms with Crippen molar-refractivity contribution in [2.75, 3.05) is 18.6 Å². The molecule has 0 aliphatic rings. The van der Waals surface area contributed by atoms with E-state index in [-0.39, 0.29) is 0 Å². The third-order valence-electron chi connectivity index (χ3n) is 2.97. The molecule has 1 N–H and O–H groups in total. The normalized spacial score (nSPS) is 12.5. The standard InChI is InChI=1S/C14H16O5S/c1-9-10(6-7-20(2)17)11-4-3-5-12(14(11)19-9)18-8-13(15)16/h3-5H,6-8H2,1-2H3,(H,15,16). The van der Waals surface area contributed by atoms with Crippen LogP contribution in [0, 0.1) is 6.92 Å². The second kappa shape index (κ2) is 6.09. The van der Waals surface area contributed by atoms with Crippen LogP contribution >= 0.6 is 0 Å². The van der Waals surface area contributed by atoms with E-state index in [1.807, 2.05) is 13.0 Å². The summed E-state index contributed by atoms with van der Waals surface area (Å²) in [5.74, 6) is 0.691. The highest BCUT2D eigenvalue weighted by Crippen LogP contribution is 2.32. The van der Waals surface area contributed by atoms with Crippen LogP contribution in [0.1, 0.15) is 11.3 Å². The van der Waals surface area contributed by atoms with Crippen LogP contribution < -0.4 is 4.74 Å². The van der Waals surface area contributed by atoms with Crippen LogP contribution in [0.3, 0.4) is 0 Å². The molecule has 0 amide bonds. The minimum atomic E-state index is -1.04. The molecule has 1 aromatic carbocycles. The number of aliphatic carboxylic acids is 1. The van der Waals surface area contributed by atoms with Gasteiger partial charge in [-0.2, -0.15) is 0 Å². The maximum atomic E-state index is 11.2. The number of hydrogen-bond donors (Lipinski definition) is 1. The van der Waals surface area contributed by atoms with Gasteiger partial charge in [0.2, 0.25) is 0 Å². The fourth-order valence-electron chi connectivity index (χ4n) is 2.07. The van der Waals surface area contributed by atoms with Crippen LogP contribution in [0.2, 0.25) is 0 Å². The van der Waals surface area contributed by atoms with Gasteiger partial charge in [-0.25, -0.2) is 4.79 Å². The number of benzene rings is 1. The van der Waals surface area contributed by atoms with Crippen molar-refractivity contribution in [3.8, 4) is 5.75 Å². The fraction of sp³-hybridized carbons (Fsp3) is 0.357. The summed E-state index contributed by atoms with van der Waals surface area (Å²) in [4.78, 5) is 10.6. The molecule has 2 rings (SSSR count). The molecule has 20 heavy (non-hydrogen) atoms. The van der Waals surface area contributed by atoms with Gasteiger partial charge in [-0.15, -0.1) is 0 Å². The molecule has 6 heteroatoms. The van der Waals surface area contributed by atoms with Gasteiger partial charge < -0.3 is 14.3 Å². The lowest BCUT2D eigenvalue weighted by atomic mass is 10.1. The fourth-order valence-corrected chi connectivity index (χ4v) is 2.56. The summed E-state index contributed by atoms with van der Waals surface area (Å²) in [5, 5.41) is 9.55. The van der Waals surface area contributed by atoms with Crippen molar-refractivity contribution in [2.24, 2.45) is 0 Å². The summed E-state index contributed by atoms with van der Waals surface area (Å²) in [6, 6.07) is 5.37. The van der Waals surface area contributed by atoms with Crippen molar-refractivity contribution < 1.29 is 23.3 Å². The Morgan fingerprint density at radius 3 is 2.85 bits per heavy atom. The van der Waals surface area contributed by atoms with Gasteiger partial charge in [0.25, 0.3) is 0 Å². The maximum absolute atomic E-state index is 11.2. The van der Waals surface area contributed by atoms with Gasteiger partial charge in [0.1, 0.15) is 5.76 Å². The van der Waals surface area contributed by atoms with E-state index in [4.69, 9.17) is 14.3 Å². The Morgan fingerprint density at radius 1 is 1.45 bits per heavy atom. The lowest BCUT2D eigenvalue weighted by Gasteiger charge is -2.03. The largest absolute Gasteiger partial charge is 0.479 e. The molecule has 0 spiro atoms. The van der Waals surface area contributed by atoms with Crippen molar-refractivity contribution in [3.63, 3.8) is 0 Å². The van der Waals surface area contributed by atoms with Crippen molar-refractivity contribution in [1.29, 1.82) is 0 Å². The van der Waals surface area contributed by atoms with Crippen molar-refractivity contribution in [1.82, 2.24) is 0 Å². The van der Waals surface area contributed by atoms with E-state index < -0.39 is 23.4 Å². The Labute approximate surface area is 119 Å². The number of para-hydroxylation sites is 1. The number of fused-ring (bicyclic) bond motifs is 1. The minimum absolute atomic E-state index is 0.410. The Bertz CT molecular complexity index is 659. The molecule has 0 saturated heterocycles. The van der Waals surface area contributed by atoms with Gasteiger partial charge >= 0.3 is 5.97 Å². The highest BCUT2D eigenvalue weighted by Gasteiger charge is 2.15. The number of carbonyl (C=O) groups is 1. The molecule has 108 valence electrons. The summed E-state index contributed by atoms with van der Waals surface area (Å²) in [5.41, 5.74) is 1.54. The van der Waals surface area contributed by atoms with Gasteiger partial charge in [0.15, 0.2) is 17.9 Å². The molecule has 0 aliphatic heterocycles. The number of ether oxygens (including phenoxy) is 1. The van der Waals surface area contributed by atoms with E-state index >= 15 is 0 Å². The zero-order valence-electron chi connectivity index (χ0n) is 11.3. The predicted octanol–water partition coefficient (Wildman–Crippen LogP) is 2.13. The van der Waals surface area contributed by atoms with Crippen LogP contribution in [0.4, 0.5) is 0 Å². The van der Waals surface area contributed by atoms with Gasteiger partial charge in [-0.05, 0) is 19.4 Å². The molecule has 1 heterocycles. The second-order valence-corrected chi connectivity index (χ2v) is 6.03. The average molecular weight is 296 g/mol. The Balaban J connectivity index is 2.36. The SMILES string of the molecule is Cc1oc2c(OCC(=O)O)cccc2c1CCS(C)=O.